The van der Waals surface area contributed by atoms with Gasteiger partial charge in [0.25, 0.3) is 0 Å². The van der Waals surface area contributed by atoms with Crippen molar-refractivity contribution in [1.29, 1.82) is 0 Å². The highest BCUT2D eigenvalue weighted by Gasteiger charge is 2.20. The second-order valence-electron chi connectivity index (χ2n) is 4.81. The lowest BCUT2D eigenvalue weighted by Gasteiger charge is -2.10. The smallest absolute Gasteiger partial charge is 0.179 e. The normalized spacial score (nSPS) is 16.3. The summed E-state index contributed by atoms with van der Waals surface area (Å²) in [7, 11) is 1.93. The summed E-state index contributed by atoms with van der Waals surface area (Å²) >= 11 is 6.12. The molecule has 0 aliphatic heterocycles. The van der Waals surface area contributed by atoms with Gasteiger partial charge in [-0.2, -0.15) is 0 Å². The van der Waals surface area contributed by atoms with Crippen molar-refractivity contribution in [3.8, 4) is 11.5 Å². The lowest BCUT2D eigenvalue weighted by Crippen LogP contribution is -2.02. The molecule has 1 aliphatic carbocycles. The van der Waals surface area contributed by atoms with Gasteiger partial charge in [-0.05, 0) is 18.9 Å². The fourth-order valence-corrected chi connectivity index (χ4v) is 2.74. The third-order valence-corrected chi connectivity index (χ3v) is 3.73. The Hall–Kier alpha value is -1.42. The molecule has 1 saturated carbocycles. The summed E-state index contributed by atoms with van der Waals surface area (Å²) in [6.45, 7) is 0. The number of aryl methyl sites for hydroxylation is 1. The van der Waals surface area contributed by atoms with Gasteiger partial charge >= 0.3 is 0 Å². The Bertz CT molecular complexity index is 558. The van der Waals surface area contributed by atoms with Crippen LogP contribution in [0, 0.1) is 0 Å². The van der Waals surface area contributed by atoms with Gasteiger partial charge in [-0.15, -0.1) is 0 Å². The van der Waals surface area contributed by atoms with E-state index in [0.717, 1.165) is 11.4 Å². The van der Waals surface area contributed by atoms with E-state index in [1.807, 2.05) is 17.7 Å². The molecule has 4 nitrogen and oxygen atoms in total. The Balaban J connectivity index is 2.03. The third-order valence-electron chi connectivity index (χ3n) is 3.53. The van der Waals surface area contributed by atoms with E-state index in [-0.39, 0.29) is 0 Å². The predicted molar refractivity (Wildman–Crippen MR) is 70.5 cm³/mol. The lowest BCUT2D eigenvalue weighted by atomic mass is 10.0. The summed E-state index contributed by atoms with van der Waals surface area (Å²) < 4.78 is 1.91. The van der Waals surface area contributed by atoms with Gasteiger partial charge in [0, 0.05) is 18.7 Å². The average Bonchev–Trinajstić information content (AvgIpc) is 2.98. The van der Waals surface area contributed by atoms with Crippen molar-refractivity contribution >= 4 is 11.6 Å². The first-order chi connectivity index (χ1) is 8.74. The minimum atomic E-state index is 0.517. The average molecular weight is 263 g/mol. The topological polar surface area (TPSA) is 43.6 Å². The van der Waals surface area contributed by atoms with Gasteiger partial charge in [0.2, 0.25) is 0 Å². The molecule has 0 aromatic carbocycles. The maximum Gasteiger partial charge on any atom is 0.179 e. The van der Waals surface area contributed by atoms with Crippen molar-refractivity contribution in [1.82, 2.24) is 19.5 Å². The number of nitrogens with zero attached hydrogens (tertiary/aromatic N) is 4. The highest BCUT2D eigenvalue weighted by atomic mass is 35.5. The summed E-state index contributed by atoms with van der Waals surface area (Å²) in [6, 6.07) is 1.90. The Kier molecular flexibility index (Phi) is 3.04. The van der Waals surface area contributed by atoms with Crippen LogP contribution < -0.4 is 0 Å². The fraction of sp³-hybridized carbons (Fsp3) is 0.462. The van der Waals surface area contributed by atoms with E-state index in [0.29, 0.717) is 16.9 Å². The monoisotopic (exact) mass is 262 g/mol. The molecule has 0 spiro atoms. The number of aromatic nitrogens is 4. The number of rotatable bonds is 2. The first-order valence-corrected chi connectivity index (χ1v) is 6.63. The number of hydrogen-bond acceptors (Lipinski definition) is 3. The van der Waals surface area contributed by atoms with Gasteiger partial charge in [-0.3, -0.25) is 0 Å². The quantitative estimate of drug-likeness (QED) is 0.781. The van der Waals surface area contributed by atoms with Crippen LogP contribution in [0.1, 0.15) is 37.3 Å². The molecule has 0 atom stereocenters. The van der Waals surface area contributed by atoms with Gasteiger partial charge in [0.1, 0.15) is 10.8 Å². The minimum absolute atomic E-state index is 0.517. The van der Waals surface area contributed by atoms with Crippen LogP contribution in [-0.4, -0.2) is 19.5 Å². The van der Waals surface area contributed by atoms with Crippen LogP contribution in [0.4, 0.5) is 0 Å². The highest BCUT2D eigenvalue weighted by Crippen LogP contribution is 2.34. The summed E-state index contributed by atoms with van der Waals surface area (Å²) in [5, 5.41) is 0.517. The Morgan fingerprint density at radius 1 is 1.28 bits per heavy atom. The number of hydrogen-bond donors (Lipinski definition) is 0. The van der Waals surface area contributed by atoms with Crippen LogP contribution in [0.5, 0.6) is 0 Å². The van der Waals surface area contributed by atoms with E-state index < -0.39 is 0 Å². The standard InChI is InChI=1S/C13H15ClN4/c1-18-8-15-7-11(18)13-16-10(6-12(14)17-13)9-4-2-3-5-9/h6-9H,2-5H2,1H3. The highest BCUT2D eigenvalue weighted by molar-refractivity contribution is 6.29. The van der Waals surface area contributed by atoms with Crippen LogP contribution in [0.3, 0.4) is 0 Å². The Labute approximate surface area is 111 Å². The van der Waals surface area contributed by atoms with Crippen molar-refractivity contribution in [2.45, 2.75) is 31.6 Å². The molecule has 0 bridgehead atoms. The Morgan fingerprint density at radius 2 is 2.06 bits per heavy atom. The van der Waals surface area contributed by atoms with Gasteiger partial charge < -0.3 is 4.57 Å². The zero-order chi connectivity index (χ0) is 12.5. The Morgan fingerprint density at radius 3 is 2.72 bits per heavy atom. The number of halogens is 1. The van der Waals surface area contributed by atoms with Crippen molar-refractivity contribution in [2.24, 2.45) is 7.05 Å². The van der Waals surface area contributed by atoms with Crippen molar-refractivity contribution < 1.29 is 0 Å². The predicted octanol–water partition coefficient (Wildman–Crippen LogP) is 3.19. The maximum absolute atomic E-state index is 6.12. The maximum atomic E-state index is 6.12. The van der Waals surface area contributed by atoms with Crippen LogP contribution in [-0.2, 0) is 7.05 Å². The van der Waals surface area contributed by atoms with Crippen molar-refractivity contribution in [3.63, 3.8) is 0 Å². The molecular formula is C13H15ClN4. The summed E-state index contributed by atoms with van der Waals surface area (Å²) in [4.78, 5) is 13.1. The van der Waals surface area contributed by atoms with E-state index in [2.05, 4.69) is 15.0 Å². The lowest BCUT2D eigenvalue weighted by molar-refractivity contribution is 0.694. The van der Waals surface area contributed by atoms with Crippen molar-refractivity contribution in [2.75, 3.05) is 0 Å². The van der Waals surface area contributed by atoms with Crippen LogP contribution >= 0.6 is 11.6 Å². The molecule has 2 aromatic heterocycles. The molecular weight excluding hydrogens is 248 g/mol. The van der Waals surface area contributed by atoms with E-state index in [9.17, 15) is 0 Å². The molecule has 0 amide bonds. The first-order valence-electron chi connectivity index (χ1n) is 6.25. The van der Waals surface area contributed by atoms with E-state index in [4.69, 9.17) is 11.6 Å². The molecule has 0 N–H and O–H groups in total. The van der Waals surface area contributed by atoms with Gasteiger partial charge in [-0.25, -0.2) is 15.0 Å². The first kappa shape index (κ1) is 11.7. The summed E-state index contributed by atoms with van der Waals surface area (Å²) in [5.74, 6) is 1.21. The molecule has 5 heteroatoms. The summed E-state index contributed by atoms with van der Waals surface area (Å²) in [5.41, 5.74) is 1.97. The zero-order valence-electron chi connectivity index (χ0n) is 10.3. The van der Waals surface area contributed by atoms with E-state index in [1.165, 1.54) is 25.7 Å². The van der Waals surface area contributed by atoms with Gasteiger partial charge in [0.05, 0.1) is 12.5 Å². The van der Waals surface area contributed by atoms with Gasteiger partial charge in [-0.1, -0.05) is 24.4 Å². The SMILES string of the molecule is Cn1cncc1-c1nc(Cl)cc(C2CCCC2)n1. The van der Waals surface area contributed by atoms with E-state index >= 15 is 0 Å². The molecule has 18 heavy (non-hydrogen) atoms. The van der Waals surface area contributed by atoms with Crippen LogP contribution in [0.15, 0.2) is 18.6 Å². The van der Waals surface area contributed by atoms with Gasteiger partial charge in [0.15, 0.2) is 5.82 Å². The second-order valence-corrected chi connectivity index (χ2v) is 5.20. The van der Waals surface area contributed by atoms with Crippen LogP contribution in [0.25, 0.3) is 11.5 Å². The molecule has 94 valence electrons. The minimum Gasteiger partial charge on any atom is -0.331 e. The van der Waals surface area contributed by atoms with E-state index in [1.54, 1.807) is 12.5 Å². The summed E-state index contributed by atoms with van der Waals surface area (Å²) in [6.07, 6.45) is 8.50. The molecule has 0 saturated heterocycles. The molecule has 1 aliphatic rings. The molecule has 0 radical (unpaired) electrons. The third kappa shape index (κ3) is 2.12. The van der Waals surface area contributed by atoms with Crippen LogP contribution in [0.2, 0.25) is 5.15 Å². The second kappa shape index (κ2) is 4.69. The number of imidazole rings is 1. The largest absolute Gasteiger partial charge is 0.331 e. The fourth-order valence-electron chi connectivity index (χ4n) is 2.55. The zero-order valence-corrected chi connectivity index (χ0v) is 11.1. The molecule has 3 rings (SSSR count). The molecule has 1 fully saturated rings. The van der Waals surface area contributed by atoms with Crippen molar-refractivity contribution in [3.05, 3.63) is 29.4 Å². The molecule has 2 heterocycles. The molecule has 2 aromatic rings. The molecule has 0 unspecified atom stereocenters.